The monoisotopic (exact) mass is 300 g/mol. The summed E-state index contributed by atoms with van der Waals surface area (Å²) in [7, 11) is 1.85. The quantitative estimate of drug-likeness (QED) is 0.750. The van der Waals surface area contributed by atoms with Crippen LogP contribution in [0.5, 0.6) is 0 Å². The van der Waals surface area contributed by atoms with Gasteiger partial charge < -0.3 is 15.2 Å². The third kappa shape index (κ3) is 4.57. The van der Waals surface area contributed by atoms with Crippen LogP contribution < -0.4 is 5.32 Å². The molecule has 1 heterocycles. The van der Waals surface area contributed by atoms with Crippen molar-refractivity contribution in [1.29, 1.82) is 0 Å². The number of carboxylic acids is 1. The fourth-order valence-corrected chi connectivity index (χ4v) is 2.72. The topological polar surface area (TPSA) is 88.5 Å². The van der Waals surface area contributed by atoms with Crippen molar-refractivity contribution < 1.29 is 19.4 Å². The maximum Gasteiger partial charge on any atom is 0.355 e. The minimum atomic E-state index is -1.08. The van der Waals surface area contributed by atoms with Crippen LogP contribution in [0.15, 0.2) is 5.38 Å². The highest BCUT2D eigenvalue weighted by atomic mass is 32.1. The number of aromatic carboxylic acids is 1. The highest BCUT2D eigenvalue weighted by Gasteiger charge is 2.25. The van der Waals surface area contributed by atoms with Crippen LogP contribution in [0.25, 0.3) is 0 Å². The van der Waals surface area contributed by atoms with Crippen LogP contribution >= 0.6 is 11.3 Å². The first kappa shape index (κ1) is 16.6. The average Bonchev–Trinajstić information content (AvgIpc) is 2.82. The van der Waals surface area contributed by atoms with Crippen LogP contribution in [0.4, 0.5) is 0 Å². The van der Waals surface area contributed by atoms with Gasteiger partial charge in [-0.3, -0.25) is 4.79 Å². The zero-order valence-corrected chi connectivity index (χ0v) is 12.9. The molecule has 6 nitrogen and oxygen atoms in total. The third-order valence-corrected chi connectivity index (χ3v) is 3.91. The zero-order chi connectivity index (χ0) is 15.3. The second-order valence-corrected chi connectivity index (χ2v) is 5.74. The lowest BCUT2D eigenvalue weighted by Gasteiger charge is -2.24. The normalized spacial score (nSPS) is 14.1. The van der Waals surface area contributed by atoms with Gasteiger partial charge in [0.25, 0.3) is 0 Å². The van der Waals surface area contributed by atoms with Crippen molar-refractivity contribution in [3.8, 4) is 0 Å². The Morgan fingerprint density at radius 3 is 2.55 bits per heavy atom. The molecule has 1 unspecified atom stereocenters. The van der Waals surface area contributed by atoms with Crippen LogP contribution in [0.1, 0.15) is 48.8 Å². The van der Waals surface area contributed by atoms with Crippen LogP contribution in [0.3, 0.4) is 0 Å². The summed E-state index contributed by atoms with van der Waals surface area (Å²) in [5, 5.41) is 14.0. The Hall–Kier alpha value is -1.47. The number of ether oxygens (including phenoxy) is 1. The van der Waals surface area contributed by atoms with E-state index in [0.29, 0.717) is 17.3 Å². The highest BCUT2D eigenvalue weighted by Crippen LogP contribution is 2.28. The fourth-order valence-electron chi connectivity index (χ4n) is 1.89. The lowest BCUT2D eigenvalue weighted by Crippen LogP contribution is -2.33. The number of aromatic nitrogens is 1. The maximum atomic E-state index is 11.2. The summed E-state index contributed by atoms with van der Waals surface area (Å²) in [5.74, 6) is -1.12. The molecule has 0 fully saturated rings. The molecule has 7 heteroatoms. The van der Waals surface area contributed by atoms with Crippen molar-refractivity contribution in [2.45, 2.75) is 39.3 Å². The van der Waals surface area contributed by atoms with Gasteiger partial charge in [0.2, 0.25) is 0 Å². The summed E-state index contributed by atoms with van der Waals surface area (Å²) >= 11 is 1.20. The number of carbonyl (C=O) groups is 2. The van der Waals surface area contributed by atoms with Crippen LogP contribution in [-0.4, -0.2) is 35.1 Å². The Labute approximate surface area is 122 Å². The number of rotatable bonds is 7. The number of thiazole rings is 1. The molecule has 0 saturated heterocycles. The van der Waals surface area contributed by atoms with E-state index >= 15 is 0 Å². The largest absolute Gasteiger partial charge is 0.476 e. The lowest BCUT2D eigenvalue weighted by atomic mass is 9.98. The van der Waals surface area contributed by atoms with Crippen molar-refractivity contribution in [2.24, 2.45) is 5.92 Å². The smallest absolute Gasteiger partial charge is 0.355 e. The Balaban J connectivity index is 2.92. The molecule has 20 heavy (non-hydrogen) atoms. The molecule has 0 amide bonds. The van der Waals surface area contributed by atoms with E-state index in [4.69, 9.17) is 9.84 Å². The molecule has 2 N–H and O–H groups in total. The SMILES string of the molecule is CNC(C[C@@H](OC(C)=O)c1nc(C(=O)O)cs1)C(C)C. The van der Waals surface area contributed by atoms with Gasteiger partial charge in [0.15, 0.2) is 11.8 Å². The van der Waals surface area contributed by atoms with Crippen molar-refractivity contribution in [1.82, 2.24) is 10.3 Å². The van der Waals surface area contributed by atoms with E-state index in [2.05, 4.69) is 24.1 Å². The van der Waals surface area contributed by atoms with E-state index in [9.17, 15) is 9.59 Å². The minimum Gasteiger partial charge on any atom is -0.476 e. The van der Waals surface area contributed by atoms with E-state index in [-0.39, 0.29) is 11.7 Å². The zero-order valence-electron chi connectivity index (χ0n) is 12.0. The molecule has 0 spiro atoms. The van der Waals surface area contributed by atoms with Gasteiger partial charge in [-0.05, 0) is 13.0 Å². The van der Waals surface area contributed by atoms with Gasteiger partial charge in [-0.1, -0.05) is 13.8 Å². The third-order valence-electron chi connectivity index (χ3n) is 2.97. The van der Waals surface area contributed by atoms with Crippen LogP contribution in [0, 0.1) is 5.92 Å². The highest BCUT2D eigenvalue weighted by molar-refractivity contribution is 7.09. The first-order valence-corrected chi connectivity index (χ1v) is 7.26. The molecule has 0 aliphatic heterocycles. The summed E-state index contributed by atoms with van der Waals surface area (Å²) in [6.45, 7) is 5.47. The molecule has 1 aromatic heterocycles. The number of hydrogen-bond acceptors (Lipinski definition) is 6. The summed E-state index contributed by atoms with van der Waals surface area (Å²) in [4.78, 5) is 26.1. The molecule has 0 aliphatic rings. The van der Waals surface area contributed by atoms with Crippen molar-refractivity contribution in [3.05, 3.63) is 16.1 Å². The number of nitrogens with one attached hydrogen (secondary N) is 1. The minimum absolute atomic E-state index is 0.0206. The predicted molar refractivity (Wildman–Crippen MR) is 75.9 cm³/mol. The first-order chi connectivity index (χ1) is 9.35. The Kier molecular flexibility index (Phi) is 6.09. The molecule has 0 aromatic carbocycles. The van der Waals surface area contributed by atoms with Gasteiger partial charge in [-0.2, -0.15) is 0 Å². The summed E-state index contributed by atoms with van der Waals surface area (Å²) in [6.07, 6.45) is 0.0331. The Morgan fingerprint density at radius 2 is 2.15 bits per heavy atom. The van der Waals surface area contributed by atoms with Gasteiger partial charge in [0, 0.05) is 24.8 Å². The van der Waals surface area contributed by atoms with Gasteiger partial charge in [-0.15, -0.1) is 11.3 Å². The van der Waals surface area contributed by atoms with Crippen molar-refractivity contribution in [2.75, 3.05) is 7.05 Å². The molecule has 2 atom stereocenters. The van der Waals surface area contributed by atoms with E-state index in [1.807, 2.05) is 7.05 Å². The number of hydrogen-bond donors (Lipinski definition) is 2. The molecule has 0 radical (unpaired) electrons. The van der Waals surface area contributed by atoms with E-state index in [1.54, 1.807) is 0 Å². The first-order valence-electron chi connectivity index (χ1n) is 6.38. The fraction of sp³-hybridized carbons (Fsp3) is 0.615. The second kappa shape index (κ2) is 7.35. The van der Waals surface area contributed by atoms with E-state index < -0.39 is 18.0 Å². The summed E-state index contributed by atoms with van der Waals surface area (Å²) in [5.41, 5.74) is -0.0206. The Morgan fingerprint density at radius 1 is 1.50 bits per heavy atom. The van der Waals surface area contributed by atoms with Gasteiger partial charge in [0.1, 0.15) is 5.01 Å². The molecular weight excluding hydrogens is 280 g/mol. The lowest BCUT2D eigenvalue weighted by molar-refractivity contribution is -0.147. The average molecular weight is 300 g/mol. The van der Waals surface area contributed by atoms with Crippen LogP contribution in [-0.2, 0) is 9.53 Å². The molecule has 0 saturated carbocycles. The van der Waals surface area contributed by atoms with E-state index in [0.717, 1.165) is 0 Å². The molecule has 1 rings (SSSR count). The van der Waals surface area contributed by atoms with Crippen molar-refractivity contribution in [3.63, 3.8) is 0 Å². The number of carboxylic acid groups (broad SMARTS) is 1. The maximum absolute atomic E-state index is 11.2. The van der Waals surface area contributed by atoms with E-state index in [1.165, 1.54) is 23.6 Å². The molecular formula is C13H20N2O4S. The molecule has 1 aromatic rings. The number of esters is 1. The summed E-state index contributed by atoms with van der Waals surface area (Å²) < 4.78 is 5.29. The Bertz CT molecular complexity index is 473. The number of nitrogens with zero attached hydrogens (tertiary/aromatic N) is 1. The van der Waals surface area contributed by atoms with Crippen molar-refractivity contribution >= 4 is 23.3 Å². The molecule has 0 bridgehead atoms. The van der Waals surface area contributed by atoms with Gasteiger partial charge >= 0.3 is 11.9 Å². The van der Waals surface area contributed by atoms with Gasteiger partial charge in [0.05, 0.1) is 0 Å². The molecule has 112 valence electrons. The second-order valence-electron chi connectivity index (χ2n) is 4.85. The summed E-state index contributed by atoms with van der Waals surface area (Å²) in [6, 6.07) is 0.150. The van der Waals surface area contributed by atoms with Crippen LogP contribution in [0.2, 0.25) is 0 Å². The number of carbonyl (C=O) groups excluding carboxylic acids is 1. The van der Waals surface area contributed by atoms with Gasteiger partial charge in [-0.25, -0.2) is 9.78 Å². The standard InChI is InChI=1S/C13H20N2O4S/c1-7(2)9(14-4)5-11(19-8(3)16)12-15-10(6-20-12)13(17)18/h6-7,9,11,14H,5H2,1-4H3,(H,17,18)/t9?,11-/m1/s1. The predicted octanol–water partition coefficient (Wildman–Crippen LogP) is 2.08. The molecule has 0 aliphatic carbocycles.